The van der Waals surface area contributed by atoms with Crippen LogP contribution in [0, 0.1) is 17.2 Å². The number of aromatic nitrogens is 3. The Bertz CT molecular complexity index is 2380. The number of alkyl halides is 3. The van der Waals surface area contributed by atoms with E-state index in [2.05, 4.69) is 25.0 Å². The lowest BCUT2D eigenvalue weighted by Gasteiger charge is -2.42. The van der Waals surface area contributed by atoms with E-state index < -0.39 is 53.0 Å². The number of nitrogens with one attached hydrogen (secondary N) is 2. The van der Waals surface area contributed by atoms with Crippen LogP contribution >= 0.6 is 0 Å². The first kappa shape index (κ1) is 46.7. The lowest BCUT2D eigenvalue weighted by molar-refractivity contribution is -0.275. The number of ether oxygens (including phenoxy) is 2. The molecule has 0 spiro atoms. The first-order chi connectivity index (χ1) is 30.7. The molecule has 3 aliphatic rings. The zero-order valence-corrected chi connectivity index (χ0v) is 37.1. The van der Waals surface area contributed by atoms with Gasteiger partial charge in [0.2, 0.25) is 11.8 Å². The molecular formula is C46H54F4N8O7. The first-order valence-corrected chi connectivity index (χ1v) is 21.6. The highest BCUT2D eigenvalue weighted by molar-refractivity contribution is 6.05. The van der Waals surface area contributed by atoms with Crippen LogP contribution in [0.3, 0.4) is 0 Å². The minimum Gasteiger partial charge on any atom is -0.465 e. The molecule has 3 N–H and O–H groups in total. The molecule has 0 unspecified atom stereocenters. The van der Waals surface area contributed by atoms with Crippen LogP contribution in [0.2, 0.25) is 0 Å². The lowest BCUT2D eigenvalue weighted by atomic mass is 9.89. The van der Waals surface area contributed by atoms with Crippen LogP contribution in [0.5, 0.6) is 5.75 Å². The van der Waals surface area contributed by atoms with Crippen molar-refractivity contribution in [3.05, 3.63) is 78.1 Å². The average Bonchev–Trinajstić information content (AvgIpc) is 3.91. The van der Waals surface area contributed by atoms with Crippen LogP contribution in [-0.2, 0) is 14.3 Å². The van der Waals surface area contributed by atoms with Crippen molar-refractivity contribution in [3.63, 3.8) is 0 Å². The molecule has 4 atom stereocenters. The molecule has 5 heterocycles. The summed E-state index contributed by atoms with van der Waals surface area (Å²) in [7, 11) is 1.41. The fraction of sp³-hybridized carbons (Fsp3) is 0.478. The van der Waals surface area contributed by atoms with Crippen molar-refractivity contribution in [1.82, 2.24) is 29.7 Å². The van der Waals surface area contributed by atoms with E-state index in [9.17, 15) is 37.5 Å². The van der Waals surface area contributed by atoms with Crippen molar-refractivity contribution in [2.24, 2.45) is 11.3 Å². The summed E-state index contributed by atoms with van der Waals surface area (Å²) in [6.07, 6.45) is -1.20. The van der Waals surface area contributed by atoms with Gasteiger partial charge in [0.15, 0.2) is 11.6 Å². The highest BCUT2D eigenvalue weighted by Gasteiger charge is 2.45. The summed E-state index contributed by atoms with van der Waals surface area (Å²) in [5.74, 6) is -3.08. The molecule has 3 saturated heterocycles. The second-order valence-electron chi connectivity index (χ2n) is 18.0. The van der Waals surface area contributed by atoms with Crippen molar-refractivity contribution < 1.29 is 51.3 Å². The van der Waals surface area contributed by atoms with Gasteiger partial charge in [-0.15, -0.1) is 13.2 Å². The molecule has 0 saturated carbocycles. The number of halogens is 4. The van der Waals surface area contributed by atoms with E-state index in [0.717, 1.165) is 11.0 Å². The second kappa shape index (κ2) is 18.7. The summed E-state index contributed by atoms with van der Waals surface area (Å²) in [5.41, 5.74) is 0.0261. The maximum Gasteiger partial charge on any atom is 0.573 e. The number of piperazine rings is 1. The molecular weight excluding hydrogens is 853 g/mol. The molecule has 2 aromatic carbocycles. The molecule has 19 heteroatoms. The van der Waals surface area contributed by atoms with E-state index in [1.54, 1.807) is 35.4 Å². The number of benzene rings is 2. The van der Waals surface area contributed by atoms with Gasteiger partial charge in [-0.2, -0.15) is 0 Å². The Morgan fingerprint density at radius 3 is 2.22 bits per heavy atom. The maximum atomic E-state index is 16.0. The van der Waals surface area contributed by atoms with E-state index in [1.165, 1.54) is 31.4 Å². The molecule has 0 aliphatic carbocycles. The molecule has 0 radical (unpaired) electrons. The van der Waals surface area contributed by atoms with Crippen molar-refractivity contribution in [2.45, 2.75) is 90.8 Å². The fourth-order valence-corrected chi connectivity index (χ4v) is 9.05. The van der Waals surface area contributed by atoms with Gasteiger partial charge in [0.1, 0.15) is 17.7 Å². The van der Waals surface area contributed by atoms with E-state index in [0.29, 0.717) is 81.4 Å². The molecule has 3 fully saturated rings. The fourth-order valence-electron chi connectivity index (χ4n) is 9.05. The van der Waals surface area contributed by atoms with Crippen molar-refractivity contribution in [3.8, 4) is 28.1 Å². The predicted molar refractivity (Wildman–Crippen MR) is 233 cm³/mol. The quantitative estimate of drug-likeness (QED) is 0.133. The Kier molecular flexibility index (Phi) is 13.4. The van der Waals surface area contributed by atoms with E-state index >= 15 is 4.39 Å². The number of anilines is 2. The zero-order valence-electron chi connectivity index (χ0n) is 37.1. The Labute approximate surface area is 374 Å². The minimum atomic E-state index is -5.29. The number of carboxylic acid groups (broad SMARTS) is 1. The van der Waals surface area contributed by atoms with Gasteiger partial charge in [-0.1, -0.05) is 45.0 Å². The van der Waals surface area contributed by atoms with Crippen LogP contribution < -0.4 is 15.0 Å². The molecule has 2 aromatic heterocycles. The van der Waals surface area contributed by atoms with Crippen LogP contribution in [0.25, 0.3) is 22.4 Å². The van der Waals surface area contributed by atoms with Crippen LogP contribution in [-0.4, -0.2) is 123 Å². The van der Waals surface area contributed by atoms with Gasteiger partial charge >= 0.3 is 12.5 Å². The number of carbonyl (C=O) groups excluding carboxylic acids is 3. The summed E-state index contributed by atoms with van der Waals surface area (Å²) < 4.78 is 67.0. The number of hydrogen-bond donors (Lipinski definition) is 3. The average molecular weight is 907 g/mol. The highest BCUT2D eigenvalue weighted by atomic mass is 19.4. The Morgan fingerprint density at radius 2 is 1.60 bits per heavy atom. The summed E-state index contributed by atoms with van der Waals surface area (Å²) in [6, 6.07) is 10.1. The summed E-state index contributed by atoms with van der Waals surface area (Å²) in [5, 5.41) is 12.4. The zero-order chi connectivity index (χ0) is 47.0. The predicted octanol–water partition coefficient (Wildman–Crippen LogP) is 7.97. The number of imidazole rings is 1. The number of likely N-dealkylation sites (tertiary alicyclic amines) is 1. The highest BCUT2D eigenvalue weighted by Crippen LogP contribution is 2.41. The van der Waals surface area contributed by atoms with Gasteiger partial charge in [-0.05, 0) is 80.8 Å². The van der Waals surface area contributed by atoms with Gasteiger partial charge in [0, 0.05) is 63.0 Å². The Balaban J connectivity index is 1.06. The lowest BCUT2D eigenvalue weighted by Crippen LogP contribution is -2.56. The number of nitrogens with zero attached hydrogens (tertiary/aromatic N) is 6. The molecule has 65 heavy (non-hydrogen) atoms. The largest absolute Gasteiger partial charge is 0.573 e. The number of aromatic amines is 1. The molecule has 348 valence electrons. The summed E-state index contributed by atoms with van der Waals surface area (Å²) in [6.45, 7) is 11.9. The summed E-state index contributed by atoms with van der Waals surface area (Å²) in [4.78, 5) is 71.4. The molecule has 4 aromatic rings. The van der Waals surface area contributed by atoms with E-state index in [-0.39, 0.29) is 46.6 Å². The molecule has 3 aliphatic heterocycles. The second-order valence-corrected chi connectivity index (χ2v) is 18.0. The smallest absolute Gasteiger partial charge is 0.465 e. The van der Waals surface area contributed by atoms with Crippen LogP contribution in [0.1, 0.15) is 82.5 Å². The van der Waals surface area contributed by atoms with Gasteiger partial charge in [0.25, 0.3) is 5.91 Å². The van der Waals surface area contributed by atoms with Crippen LogP contribution in [0.4, 0.5) is 33.9 Å². The number of pyridine rings is 1. The number of likely N-dealkylation sites (N-methyl/N-ethyl adjacent to an activating group) is 1. The molecule has 7 rings (SSSR count). The standard InChI is InChI=1S/C46H54F4N8O7/c1-26-7-15-35(58(26)42(60)38(55(6)44(62)63)30-17-21-64-22-18-30)40-52-24-34(54-40)29-10-8-28(9-11-29)32-13-14-33(37(47)39(32)65-46(48,49)50)41(59)53-31-12-16-36(51-23-31)57-20-19-56(25-27(57)2)43(61)45(3,4)5/h8-14,16,23-24,26-27,30,35,38H,7,15,17-22,25H2,1-6H3,(H,52,54)(H,53,59)(H,62,63)/t26-,27+,35-,38-/m0/s1. The third-order valence-corrected chi connectivity index (χ3v) is 12.4. The maximum absolute atomic E-state index is 16.0. The number of H-pyrrole nitrogens is 1. The summed E-state index contributed by atoms with van der Waals surface area (Å²) >= 11 is 0. The number of rotatable bonds is 10. The van der Waals surface area contributed by atoms with Crippen LogP contribution in [0.15, 0.2) is 60.9 Å². The minimum absolute atomic E-state index is 0.0505. The Morgan fingerprint density at radius 1 is 0.908 bits per heavy atom. The normalized spacial score (nSPS) is 20.1. The number of hydrogen-bond acceptors (Lipinski definition) is 9. The molecule has 4 amide bonds. The molecule has 0 bridgehead atoms. The number of carbonyl (C=O) groups is 4. The van der Waals surface area contributed by atoms with Crippen molar-refractivity contribution in [2.75, 3.05) is 50.1 Å². The van der Waals surface area contributed by atoms with Gasteiger partial charge in [-0.25, -0.2) is 19.2 Å². The number of amides is 4. The van der Waals surface area contributed by atoms with E-state index in [4.69, 9.17) is 4.74 Å². The van der Waals surface area contributed by atoms with Gasteiger partial charge in [-0.3, -0.25) is 19.3 Å². The first-order valence-electron chi connectivity index (χ1n) is 21.6. The Hall–Kier alpha value is -6.24. The van der Waals surface area contributed by atoms with Gasteiger partial charge < -0.3 is 39.6 Å². The molecule has 15 nitrogen and oxygen atoms in total. The third kappa shape index (κ3) is 10.2. The van der Waals surface area contributed by atoms with E-state index in [1.807, 2.05) is 44.4 Å². The topological polar surface area (TPSA) is 174 Å². The SMILES string of the molecule is C[C@@H]1CN(C(=O)C(C)(C)C)CCN1c1ccc(NC(=O)c2ccc(-c3ccc(-c4cnc([C@@H]5CC[C@H](C)N5C(=O)[C@H](C5CCOCC5)N(C)C(=O)O)[nH]4)cc3)c(OC(F)(F)F)c2F)cn1. The van der Waals surface area contributed by atoms with Crippen molar-refractivity contribution >= 4 is 35.3 Å². The van der Waals surface area contributed by atoms with Crippen molar-refractivity contribution in [1.29, 1.82) is 0 Å². The van der Waals surface area contributed by atoms with Gasteiger partial charge in [0.05, 0.1) is 35.4 Å². The monoisotopic (exact) mass is 906 g/mol. The third-order valence-electron chi connectivity index (χ3n) is 12.4.